The van der Waals surface area contributed by atoms with Crippen molar-refractivity contribution in [1.82, 2.24) is 4.57 Å². The Labute approximate surface area is 125 Å². The molecule has 0 aliphatic carbocycles. The van der Waals surface area contributed by atoms with Crippen LogP contribution in [0.3, 0.4) is 0 Å². The smallest absolute Gasteiger partial charge is 0.250 e. The van der Waals surface area contributed by atoms with Crippen molar-refractivity contribution >= 4 is 11.6 Å². The molecule has 21 heavy (non-hydrogen) atoms. The summed E-state index contributed by atoms with van der Waals surface area (Å²) in [4.78, 5) is 23.6. The summed E-state index contributed by atoms with van der Waals surface area (Å²) in [6, 6.07) is 3.15. The Bertz CT molecular complexity index is 539. The lowest BCUT2D eigenvalue weighted by molar-refractivity contribution is -0.116. The van der Waals surface area contributed by atoms with E-state index in [-0.39, 0.29) is 17.6 Å². The molecule has 116 valence electrons. The van der Waals surface area contributed by atoms with E-state index in [1.165, 1.54) is 6.07 Å². The van der Waals surface area contributed by atoms with E-state index < -0.39 is 0 Å². The topological polar surface area (TPSA) is 60.3 Å². The van der Waals surface area contributed by atoms with Crippen molar-refractivity contribution < 1.29 is 9.53 Å². The average molecular weight is 292 g/mol. The van der Waals surface area contributed by atoms with Gasteiger partial charge in [0, 0.05) is 25.2 Å². The van der Waals surface area contributed by atoms with E-state index in [2.05, 4.69) is 12.2 Å². The molecular weight excluding hydrogens is 268 g/mol. The fraction of sp³-hybridized carbons (Fsp3) is 0.625. The van der Waals surface area contributed by atoms with Gasteiger partial charge in [0.2, 0.25) is 5.91 Å². The molecule has 2 heterocycles. The maximum absolute atomic E-state index is 12.0. The van der Waals surface area contributed by atoms with Crippen LogP contribution < -0.4 is 10.9 Å². The van der Waals surface area contributed by atoms with Crippen LogP contribution in [0.15, 0.2) is 23.1 Å². The first-order valence-electron chi connectivity index (χ1n) is 7.74. The Hall–Kier alpha value is -1.62. The maximum atomic E-state index is 12.0. The second-order valence-electron chi connectivity index (χ2n) is 5.68. The van der Waals surface area contributed by atoms with Crippen molar-refractivity contribution in [2.24, 2.45) is 0 Å². The van der Waals surface area contributed by atoms with Crippen LogP contribution in [-0.4, -0.2) is 22.7 Å². The Morgan fingerprint density at radius 2 is 2.24 bits per heavy atom. The number of aryl methyl sites for hydroxylation is 1. The molecule has 2 unspecified atom stereocenters. The number of hydrogen-bond acceptors (Lipinski definition) is 3. The molecule has 0 radical (unpaired) electrons. The first-order valence-corrected chi connectivity index (χ1v) is 7.74. The lowest BCUT2D eigenvalue weighted by atomic mass is 10.1. The number of rotatable bonds is 6. The second kappa shape index (κ2) is 7.41. The number of carbonyl (C=O) groups is 1. The minimum atomic E-state index is -0.0387. The third kappa shape index (κ3) is 4.70. The highest BCUT2D eigenvalue weighted by molar-refractivity contribution is 5.90. The minimum absolute atomic E-state index is 0.0279. The fourth-order valence-electron chi connectivity index (χ4n) is 2.63. The molecule has 1 fully saturated rings. The third-order valence-electron chi connectivity index (χ3n) is 3.75. The van der Waals surface area contributed by atoms with Gasteiger partial charge in [0.05, 0.1) is 17.9 Å². The van der Waals surface area contributed by atoms with Crippen LogP contribution >= 0.6 is 0 Å². The van der Waals surface area contributed by atoms with Gasteiger partial charge < -0.3 is 14.6 Å². The van der Waals surface area contributed by atoms with E-state index in [0.717, 1.165) is 25.7 Å². The first kappa shape index (κ1) is 15.8. The summed E-state index contributed by atoms with van der Waals surface area (Å²) in [6.45, 7) is 4.74. The van der Waals surface area contributed by atoms with Crippen molar-refractivity contribution in [2.75, 3.05) is 5.32 Å². The van der Waals surface area contributed by atoms with E-state index >= 15 is 0 Å². The van der Waals surface area contributed by atoms with E-state index in [4.69, 9.17) is 4.74 Å². The van der Waals surface area contributed by atoms with Crippen LogP contribution in [0.1, 0.15) is 46.0 Å². The van der Waals surface area contributed by atoms with Crippen LogP contribution in [0.25, 0.3) is 0 Å². The molecule has 2 rings (SSSR count). The van der Waals surface area contributed by atoms with Gasteiger partial charge >= 0.3 is 0 Å². The Kier molecular flexibility index (Phi) is 5.56. The number of hydrogen-bond donors (Lipinski definition) is 1. The summed E-state index contributed by atoms with van der Waals surface area (Å²) in [7, 11) is 0. The Morgan fingerprint density at radius 3 is 2.90 bits per heavy atom. The quantitative estimate of drug-likeness (QED) is 0.876. The highest BCUT2D eigenvalue weighted by Gasteiger charge is 2.22. The summed E-state index contributed by atoms with van der Waals surface area (Å²) in [5.74, 6) is -0.0279. The van der Waals surface area contributed by atoms with Gasteiger partial charge in [-0.3, -0.25) is 9.59 Å². The first-order chi connectivity index (χ1) is 10.1. The van der Waals surface area contributed by atoms with Crippen molar-refractivity contribution in [2.45, 2.75) is 64.7 Å². The molecule has 1 aromatic heterocycles. The molecule has 1 aliphatic rings. The van der Waals surface area contributed by atoms with Gasteiger partial charge in [-0.1, -0.05) is 6.92 Å². The monoisotopic (exact) mass is 292 g/mol. The van der Waals surface area contributed by atoms with Crippen LogP contribution in [-0.2, 0) is 16.1 Å². The van der Waals surface area contributed by atoms with Gasteiger partial charge in [-0.05, 0) is 38.7 Å². The number of nitrogens with one attached hydrogen (secondary N) is 1. The number of pyridine rings is 1. The zero-order valence-electron chi connectivity index (χ0n) is 12.8. The maximum Gasteiger partial charge on any atom is 0.250 e. The summed E-state index contributed by atoms with van der Waals surface area (Å²) in [5.41, 5.74) is 0.636. The molecular formula is C16H24N2O3. The molecule has 2 atom stereocenters. The molecule has 0 saturated carbocycles. The number of amides is 1. The molecule has 1 aliphatic heterocycles. The molecule has 1 aromatic rings. The fourth-order valence-corrected chi connectivity index (χ4v) is 2.63. The van der Waals surface area contributed by atoms with Crippen molar-refractivity contribution in [1.29, 1.82) is 0 Å². The van der Waals surface area contributed by atoms with Crippen LogP contribution in [0.2, 0.25) is 0 Å². The zero-order valence-corrected chi connectivity index (χ0v) is 12.8. The number of nitrogens with zero attached hydrogens (tertiary/aromatic N) is 1. The van der Waals surface area contributed by atoms with Gasteiger partial charge in [-0.15, -0.1) is 0 Å². The molecule has 1 saturated heterocycles. The Morgan fingerprint density at radius 1 is 1.43 bits per heavy atom. The predicted octanol–water partition coefficient (Wildman–Crippen LogP) is 2.54. The molecule has 5 nitrogen and oxygen atoms in total. The average Bonchev–Trinajstić information content (AvgIpc) is 2.86. The molecule has 1 N–H and O–H groups in total. The summed E-state index contributed by atoms with van der Waals surface area (Å²) in [6.07, 6.45) is 6.43. The molecule has 0 bridgehead atoms. The van der Waals surface area contributed by atoms with Crippen molar-refractivity contribution in [3.63, 3.8) is 0 Å². The molecule has 1 amide bonds. The van der Waals surface area contributed by atoms with Crippen LogP contribution in [0.5, 0.6) is 0 Å². The van der Waals surface area contributed by atoms with Gasteiger partial charge in [0.1, 0.15) is 0 Å². The minimum Gasteiger partial charge on any atom is -0.375 e. The lowest BCUT2D eigenvalue weighted by Crippen LogP contribution is -2.21. The van der Waals surface area contributed by atoms with Crippen molar-refractivity contribution in [3.05, 3.63) is 28.7 Å². The zero-order chi connectivity index (χ0) is 15.2. The number of anilines is 1. The van der Waals surface area contributed by atoms with Gasteiger partial charge in [0.15, 0.2) is 0 Å². The van der Waals surface area contributed by atoms with E-state index in [1.807, 2.05) is 6.92 Å². The molecule has 0 spiro atoms. The molecule has 0 aromatic carbocycles. The lowest BCUT2D eigenvalue weighted by Gasteiger charge is -2.11. The van der Waals surface area contributed by atoms with E-state index in [0.29, 0.717) is 24.8 Å². The highest BCUT2D eigenvalue weighted by atomic mass is 16.5. The molecule has 5 heteroatoms. The summed E-state index contributed by atoms with van der Waals surface area (Å²) >= 11 is 0. The second-order valence-corrected chi connectivity index (χ2v) is 5.68. The van der Waals surface area contributed by atoms with Crippen LogP contribution in [0.4, 0.5) is 5.69 Å². The highest BCUT2D eigenvalue weighted by Crippen LogP contribution is 2.22. The Balaban J connectivity index is 1.84. The van der Waals surface area contributed by atoms with Gasteiger partial charge in [-0.25, -0.2) is 0 Å². The summed E-state index contributed by atoms with van der Waals surface area (Å²) in [5, 5.41) is 2.85. The van der Waals surface area contributed by atoms with Crippen LogP contribution in [0, 0.1) is 0 Å². The van der Waals surface area contributed by atoms with Gasteiger partial charge in [-0.2, -0.15) is 0 Å². The number of aromatic nitrogens is 1. The number of carbonyl (C=O) groups excluding carboxylic acids is 1. The van der Waals surface area contributed by atoms with Gasteiger partial charge in [0.25, 0.3) is 5.56 Å². The van der Waals surface area contributed by atoms with E-state index in [1.54, 1.807) is 16.8 Å². The van der Waals surface area contributed by atoms with Crippen molar-refractivity contribution in [3.8, 4) is 0 Å². The summed E-state index contributed by atoms with van der Waals surface area (Å²) < 4.78 is 7.33. The number of ether oxygens (including phenoxy) is 1. The predicted molar refractivity (Wildman–Crippen MR) is 82.4 cm³/mol. The standard InChI is InChI=1S/C16H24N2O3/c1-3-10-18-11-13(5-9-16(18)20)17-15(19)8-7-14-6-4-12(2)21-14/h5,9,11-12,14H,3-4,6-8,10H2,1-2H3,(H,17,19). The third-order valence-corrected chi connectivity index (χ3v) is 3.75. The SMILES string of the molecule is CCCn1cc(NC(=O)CCC2CCC(C)O2)ccc1=O. The normalized spacial score (nSPS) is 21.4. The van der Waals surface area contributed by atoms with E-state index in [9.17, 15) is 9.59 Å². The largest absolute Gasteiger partial charge is 0.375 e.